The normalized spacial score (nSPS) is 26.6. The van der Waals surface area contributed by atoms with E-state index in [2.05, 4.69) is 33.8 Å². The smallest absolute Gasteiger partial charge is 0.0647 e. The molecule has 0 atom stereocenters. The summed E-state index contributed by atoms with van der Waals surface area (Å²) in [5.41, 5.74) is 1.71. The number of aliphatic hydroxyl groups is 1. The standard InChI is InChI=1S/C11H20O/c1-10(2)5-6-11(3,4)9(7-10)8-12/h7,12H,5-6,8H2,1-4H3. The average molecular weight is 168 g/mol. The van der Waals surface area contributed by atoms with E-state index in [0.717, 1.165) is 0 Å². The summed E-state index contributed by atoms with van der Waals surface area (Å²) < 4.78 is 0. The lowest BCUT2D eigenvalue weighted by atomic mass is 9.68. The van der Waals surface area contributed by atoms with Gasteiger partial charge in [0.25, 0.3) is 0 Å². The van der Waals surface area contributed by atoms with Crippen molar-refractivity contribution in [2.75, 3.05) is 6.61 Å². The van der Waals surface area contributed by atoms with Gasteiger partial charge in [-0.2, -0.15) is 0 Å². The van der Waals surface area contributed by atoms with Crippen LogP contribution in [0, 0.1) is 10.8 Å². The molecule has 1 rings (SSSR count). The van der Waals surface area contributed by atoms with Crippen molar-refractivity contribution < 1.29 is 5.11 Å². The summed E-state index contributed by atoms with van der Waals surface area (Å²) in [5.74, 6) is 0. The molecule has 0 amide bonds. The summed E-state index contributed by atoms with van der Waals surface area (Å²) in [6, 6.07) is 0. The van der Waals surface area contributed by atoms with Crippen LogP contribution in [0.15, 0.2) is 11.6 Å². The zero-order valence-corrected chi connectivity index (χ0v) is 8.65. The van der Waals surface area contributed by atoms with Gasteiger partial charge < -0.3 is 5.11 Å². The first-order chi connectivity index (χ1) is 5.37. The molecule has 1 aliphatic carbocycles. The third kappa shape index (κ3) is 1.89. The minimum Gasteiger partial charge on any atom is -0.392 e. The molecule has 0 heterocycles. The van der Waals surface area contributed by atoms with E-state index in [-0.39, 0.29) is 17.4 Å². The molecule has 1 aliphatic rings. The SMILES string of the molecule is CC1(C)C=C(CO)C(C)(C)CC1. The zero-order chi connectivity index (χ0) is 9.41. The lowest BCUT2D eigenvalue weighted by Gasteiger charge is -2.38. The molecular formula is C11H20O. The highest BCUT2D eigenvalue weighted by Crippen LogP contribution is 2.43. The Hall–Kier alpha value is -0.300. The van der Waals surface area contributed by atoms with E-state index in [9.17, 15) is 5.11 Å². The lowest BCUT2D eigenvalue weighted by molar-refractivity contribution is 0.229. The van der Waals surface area contributed by atoms with Crippen LogP contribution in [-0.2, 0) is 0 Å². The minimum absolute atomic E-state index is 0.213. The Bertz CT molecular complexity index is 199. The molecule has 0 aliphatic heterocycles. The third-order valence-electron chi connectivity index (χ3n) is 3.00. The fourth-order valence-electron chi connectivity index (χ4n) is 1.79. The van der Waals surface area contributed by atoms with Crippen molar-refractivity contribution in [3.8, 4) is 0 Å². The third-order valence-corrected chi connectivity index (χ3v) is 3.00. The Balaban J connectivity index is 2.93. The summed E-state index contributed by atoms with van der Waals surface area (Å²) >= 11 is 0. The first kappa shape index (κ1) is 9.79. The number of aliphatic hydroxyl groups excluding tert-OH is 1. The second-order valence-electron chi connectivity index (χ2n) is 5.20. The monoisotopic (exact) mass is 168 g/mol. The summed E-state index contributed by atoms with van der Waals surface area (Å²) in [5, 5.41) is 9.19. The predicted molar refractivity (Wildman–Crippen MR) is 52.0 cm³/mol. The van der Waals surface area contributed by atoms with Gasteiger partial charge in [-0.15, -0.1) is 0 Å². The summed E-state index contributed by atoms with van der Waals surface area (Å²) in [7, 11) is 0. The van der Waals surface area contributed by atoms with Crippen LogP contribution in [0.4, 0.5) is 0 Å². The van der Waals surface area contributed by atoms with Gasteiger partial charge in [0.2, 0.25) is 0 Å². The molecule has 1 nitrogen and oxygen atoms in total. The quantitative estimate of drug-likeness (QED) is 0.597. The highest BCUT2D eigenvalue weighted by molar-refractivity contribution is 5.19. The maximum absolute atomic E-state index is 9.19. The van der Waals surface area contributed by atoms with Crippen LogP contribution >= 0.6 is 0 Å². The molecule has 0 unspecified atom stereocenters. The van der Waals surface area contributed by atoms with Crippen molar-refractivity contribution in [2.24, 2.45) is 10.8 Å². The molecule has 0 saturated heterocycles. The molecule has 1 heteroatoms. The highest BCUT2D eigenvalue weighted by Gasteiger charge is 2.32. The molecule has 0 radical (unpaired) electrons. The molecule has 0 bridgehead atoms. The first-order valence-corrected chi connectivity index (χ1v) is 4.70. The van der Waals surface area contributed by atoms with Crippen LogP contribution in [0.5, 0.6) is 0 Å². The second kappa shape index (κ2) is 2.88. The van der Waals surface area contributed by atoms with Crippen LogP contribution in [0.25, 0.3) is 0 Å². The fraction of sp³-hybridized carbons (Fsp3) is 0.818. The molecule has 0 fully saturated rings. The van der Waals surface area contributed by atoms with Crippen molar-refractivity contribution in [1.82, 2.24) is 0 Å². The van der Waals surface area contributed by atoms with Gasteiger partial charge >= 0.3 is 0 Å². The van der Waals surface area contributed by atoms with E-state index < -0.39 is 0 Å². The summed E-state index contributed by atoms with van der Waals surface area (Å²) in [6.45, 7) is 9.11. The highest BCUT2D eigenvalue weighted by atomic mass is 16.3. The van der Waals surface area contributed by atoms with Crippen LogP contribution in [0.3, 0.4) is 0 Å². The predicted octanol–water partition coefficient (Wildman–Crippen LogP) is 2.75. The lowest BCUT2D eigenvalue weighted by Crippen LogP contribution is -2.27. The van der Waals surface area contributed by atoms with Gasteiger partial charge in [-0.05, 0) is 29.2 Å². The van der Waals surface area contributed by atoms with E-state index in [1.807, 2.05) is 0 Å². The molecule has 1 N–H and O–H groups in total. The Morgan fingerprint density at radius 3 is 2.25 bits per heavy atom. The van der Waals surface area contributed by atoms with E-state index in [0.29, 0.717) is 0 Å². The molecule has 0 spiro atoms. The zero-order valence-electron chi connectivity index (χ0n) is 8.65. The number of hydrogen-bond acceptors (Lipinski definition) is 1. The second-order valence-corrected chi connectivity index (χ2v) is 5.20. The Morgan fingerprint density at radius 2 is 1.83 bits per heavy atom. The molecule has 70 valence electrons. The molecule has 0 saturated carbocycles. The first-order valence-electron chi connectivity index (χ1n) is 4.70. The van der Waals surface area contributed by atoms with Gasteiger partial charge in [0.15, 0.2) is 0 Å². The largest absolute Gasteiger partial charge is 0.392 e. The topological polar surface area (TPSA) is 20.2 Å². The van der Waals surface area contributed by atoms with Gasteiger partial charge in [-0.3, -0.25) is 0 Å². The molecule has 0 aromatic heterocycles. The number of allylic oxidation sites excluding steroid dienone is 1. The van der Waals surface area contributed by atoms with Gasteiger partial charge in [-0.1, -0.05) is 33.8 Å². The van der Waals surface area contributed by atoms with Crippen molar-refractivity contribution in [1.29, 1.82) is 0 Å². The number of rotatable bonds is 1. The van der Waals surface area contributed by atoms with Gasteiger partial charge in [0, 0.05) is 0 Å². The van der Waals surface area contributed by atoms with Gasteiger partial charge in [-0.25, -0.2) is 0 Å². The summed E-state index contributed by atoms with van der Waals surface area (Å²) in [6.07, 6.45) is 4.66. The van der Waals surface area contributed by atoms with Crippen LogP contribution in [-0.4, -0.2) is 11.7 Å². The van der Waals surface area contributed by atoms with E-state index in [1.54, 1.807) is 0 Å². The van der Waals surface area contributed by atoms with E-state index in [4.69, 9.17) is 0 Å². The number of hydrogen-bond donors (Lipinski definition) is 1. The Morgan fingerprint density at radius 1 is 1.25 bits per heavy atom. The van der Waals surface area contributed by atoms with Crippen LogP contribution in [0.2, 0.25) is 0 Å². The van der Waals surface area contributed by atoms with Gasteiger partial charge in [0.1, 0.15) is 0 Å². The maximum Gasteiger partial charge on any atom is 0.0647 e. The Labute approximate surface area is 75.5 Å². The average Bonchev–Trinajstić information content (AvgIpc) is 1.95. The molecular weight excluding hydrogens is 148 g/mol. The van der Waals surface area contributed by atoms with Crippen molar-refractivity contribution in [3.63, 3.8) is 0 Å². The molecule has 0 aromatic carbocycles. The van der Waals surface area contributed by atoms with Crippen molar-refractivity contribution in [2.45, 2.75) is 40.5 Å². The molecule has 0 aromatic rings. The van der Waals surface area contributed by atoms with E-state index >= 15 is 0 Å². The molecule has 12 heavy (non-hydrogen) atoms. The van der Waals surface area contributed by atoms with Crippen molar-refractivity contribution in [3.05, 3.63) is 11.6 Å². The minimum atomic E-state index is 0.213. The fourth-order valence-corrected chi connectivity index (χ4v) is 1.79. The van der Waals surface area contributed by atoms with E-state index in [1.165, 1.54) is 18.4 Å². The summed E-state index contributed by atoms with van der Waals surface area (Å²) in [4.78, 5) is 0. The maximum atomic E-state index is 9.19. The van der Waals surface area contributed by atoms with Crippen LogP contribution in [0.1, 0.15) is 40.5 Å². The van der Waals surface area contributed by atoms with Gasteiger partial charge in [0.05, 0.1) is 6.61 Å². The van der Waals surface area contributed by atoms with Crippen molar-refractivity contribution >= 4 is 0 Å². The van der Waals surface area contributed by atoms with Crippen LogP contribution < -0.4 is 0 Å². The Kier molecular flexibility index (Phi) is 2.35.